The number of alkyl carbamates (subject to hydrolysis) is 1. The maximum Gasteiger partial charge on any atom is 0.407 e. The minimum atomic E-state index is -0.974. The number of aliphatic carboxylic acids is 1. The number of rotatable bonds is 11. The Balaban J connectivity index is 1.68. The third kappa shape index (κ3) is 5.65. The van der Waals surface area contributed by atoms with Gasteiger partial charge in [0.1, 0.15) is 12.6 Å². The maximum atomic E-state index is 13.1. The molecular formula is C27H32N2O5. The summed E-state index contributed by atoms with van der Waals surface area (Å²) in [6.45, 7) is 7.59. The molecule has 0 aliphatic heterocycles. The predicted molar refractivity (Wildman–Crippen MR) is 130 cm³/mol. The fourth-order valence-corrected chi connectivity index (χ4v) is 4.33. The zero-order chi connectivity index (χ0) is 24.7. The first kappa shape index (κ1) is 25.0. The number of carbonyl (C=O) groups is 3. The van der Waals surface area contributed by atoms with Gasteiger partial charge in [-0.3, -0.25) is 9.59 Å². The van der Waals surface area contributed by atoms with Crippen molar-refractivity contribution in [2.24, 2.45) is 5.92 Å². The molecule has 2 aromatic carbocycles. The van der Waals surface area contributed by atoms with E-state index in [1.165, 1.54) is 4.90 Å². The Labute approximate surface area is 200 Å². The lowest BCUT2D eigenvalue weighted by Crippen LogP contribution is -2.50. The molecule has 0 saturated heterocycles. The van der Waals surface area contributed by atoms with E-state index in [1.807, 2.05) is 36.4 Å². The van der Waals surface area contributed by atoms with Crippen molar-refractivity contribution < 1.29 is 24.2 Å². The summed E-state index contributed by atoms with van der Waals surface area (Å²) in [4.78, 5) is 38.5. The number of amides is 2. The van der Waals surface area contributed by atoms with E-state index < -0.39 is 24.0 Å². The van der Waals surface area contributed by atoms with Crippen LogP contribution in [0.2, 0.25) is 0 Å². The van der Waals surface area contributed by atoms with Gasteiger partial charge in [-0.25, -0.2) is 4.79 Å². The average Bonchev–Trinajstić information content (AvgIpc) is 3.16. The van der Waals surface area contributed by atoms with Crippen LogP contribution in [0.3, 0.4) is 0 Å². The van der Waals surface area contributed by atoms with Crippen LogP contribution in [0.5, 0.6) is 0 Å². The summed E-state index contributed by atoms with van der Waals surface area (Å²) in [6.07, 6.45) is 1.87. The van der Waals surface area contributed by atoms with Crippen LogP contribution < -0.4 is 5.32 Å². The highest BCUT2D eigenvalue weighted by Gasteiger charge is 2.31. The first-order valence-corrected chi connectivity index (χ1v) is 11.6. The number of carbonyl (C=O) groups excluding carboxylic acids is 2. The van der Waals surface area contributed by atoms with Crippen LogP contribution in [0, 0.1) is 5.92 Å². The van der Waals surface area contributed by atoms with E-state index in [-0.39, 0.29) is 25.0 Å². The minimum Gasteiger partial charge on any atom is -0.481 e. The second-order valence-electron chi connectivity index (χ2n) is 8.50. The molecule has 1 aliphatic rings. The van der Waals surface area contributed by atoms with Gasteiger partial charge < -0.3 is 20.1 Å². The molecule has 2 atom stereocenters. The second kappa shape index (κ2) is 11.5. The zero-order valence-corrected chi connectivity index (χ0v) is 19.7. The number of fused-ring (bicyclic) bond motifs is 3. The van der Waals surface area contributed by atoms with E-state index in [4.69, 9.17) is 4.74 Å². The zero-order valence-electron chi connectivity index (χ0n) is 19.7. The molecule has 0 saturated carbocycles. The molecule has 2 N–H and O–H groups in total. The molecule has 7 nitrogen and oxygen atoms in total. The first-order chi connectivity index (χ1) is 16.4. The number of benzene rings is 2. The molecule has 3 rings (SSSR count). The Morgan fingerprint density at radius 3 is 2.24 bits per heavy atom. The number of likely N-dealkylation sites (N-methyl/N-ethyl adjacent to an activating group) is 1. The highest BCUT2D eigenvalue weighted by atomic mass is 16.5. The monoisotopic (exact) mass is 464 g/mol. The number of nitrogens with zero attached hydrogens (tertiary/aromatic N) is 1. The highest BCUT2D eigenvalue weighted by Crippen LogP contribution is 2.44. The van der Waals surface area contributed by atoms with E-state index in [0.717, 1.165) is 22.3 Å². The van der Waals surface area contributed by atoms with Gasteiger partial charge in [0, 0.05) is 19.0 Å². The van der Waals surface area contributed by atoms with Crippen LogP contribution in [0.4, 0.5) is 4.79 Å². The molecular weight excluding hydrogens is 432 g/mol. The van der Waals surface area contributed by atoms with E-state index in [2.05, 4.69) is 24.0 Å². The van der Waals surface area contributed by atoms with Gasteiger partial charge in [-0.2, -0.15) is 0 Å². The lowest BCUT2D eigenvalue weighted by atomic mass is 9.98. The Hall–Kier alpha value is -3.61. The lowest BCUT2D eigenvalue weighted by Gasteiger charge is -2.28. The number of ether oxygens (including phenoxy) is 1. The maximum absolute atomic E-state index is 13.1. The Morgan fingerprint density at radius 1 is 1.12 bits per heavy atom. The third-order valence-corrected chi connectivity index (χ3v) is 6.20. The molecule has 2 amide bonds. The SMILES string of the molecule is C=CCCC(NC(=O)OCC1c2ccccc2-c2ccccc21)C(=O)N(CC)CC(C)C(=O)O. The Bertz CT molecular complexity index is 1010. The van der Waals surface area contributed by atoms with Crippen molar-refractivity contribution in [1.82, 2.24) is 10.2 Å². The number of carboxylic acids is 1. The fourth-order valence-electron chi connectivity index (χ4n) is 4.33. The molecule has 2 unspecified atom stereocenters. The third-order valence-electron chi connectivity index (χ3n) is 6.20. The van der Waals surface area contributed by atoms with Gasteiger partial charge in [-0.1, -0.05) is 61.5 Å². The molecule has 0 heterocycles. The topological polar surface area (TPSA) is 95.9 Å². The number of carboxylic acid groups (broad SMARTS) is 1. The summed E-state index contributed by atoms with van der Waals surface area (Å²) in [5.74, 6) is -2.09. The van der Waals surface area contributed by atoms with Gasteiger partial charge in [0.05, 0.1) is 5.92 Å². The standard InChI is InChI=1S/C27H32N2O5/c1-4-6-15-24(25(30)29(5-2)16-18(3)26(31)32)28-27(33)34-17-23-21-13-9-7-11-19(21)20-12-8-10-14-22(20)23/h4,7-14,18,23-24H,1,5-6,15-17H2,2-3H3,(H,28,33)(H,31,32). The van der Waals surface area contributed by atoms with Gasteiger partial charge in [-0.05, 0) is 42.0 Å². The summed E-state index contributed by atoms with van der Waals surface area (Å²) >= 11 is 0. The summed E-state index contributed by atoms with van der Waals surface area (Å²) in [6, 6.07) is 15.3. The number of hydrogen-bond acceptors (Lipinski definition) is 4. The van der Waals surface area contributed by atoms with E-state index in [0.29, 0.717) is 19.4 Å². The molecule has 0 bridgehead atoms. The van der Waals surface area contributed by atoms with Crippen molar-refractivity contribution in [3.8, 4) is 11.1 Å². The molecule has 1 aliphatic carbocycles. The first-order valence-electron chi connectivity index (χ1n) is 11.6. The minimum absolute atomic E-state index is 0.0711. The predicted octanol–water partition coefficient (Wildman–Crippen LogP) is 4.43. The van der Waals surface area contributed by atoms with Crippen molar-refractivity contribution in [3.05, 3.63) is 72.3 Å². The van der Waals surface area contributed by atoms with Crippen molar-refractivity contribution in [3.63, 3.8) is 0 Å². The average molecular weight is 465 g/mol. The molecule has 0 spiro atoms. The van der Waals surface area contributed by atoms with Crippen LogP contribution in [0.15, 0.2) is 61.2 Å². The molecule has 0 fully saturated rings. The van der Waals surface area contributed by atoms with Gasteiger partial charge in [0.2, 0.25) is 5.91 Å². The van der Waals surface area contributed by atoms with Crippen molar-refractivity contribution in [1.29, 1.82) is 0 Å². The van der Waals surface area contributed by atoms with Crippen LogP contribution >= 0.6 is 0 Å². The van der Waals surface area contributed by atoms with Crippen LogP contribution in [0.25, 0.3) is 11.1 Å². The van der Waals surface area contributed by atoms with Crippen molar-refractivity contribution in [2.75, 3.05) is 19.7 Å². The lowest BCUT2D eigenvalue weighted by molar-refractivity contribution is -0.143. The summed E-state index contributed by atoms with van der Waals surface area (Å²) in [7, 11) is 0. The van der Waals surface area contributed by atoms with Gasteiger partial charge in [0.15, 0.2) is 0 Å². The molecule has 7 heteroatoms. The van der Waals surface area contributed by atoms with Crippen LogP contribution in [-0.4, -0.2) is 53.7 Å². The summed E-state index contributed by atoms with van der Waals surface area (Å²) < 4.78 is 5.59. The van der Waals surface area contributed by atoms with E-state index in [9.17, 15) is 19.5 Å². The number of hydrogen-bond donors (Lipinski definition) is 2. The quantitative estimate of drug-likeness (QED) is 0.480. The van der Waals surface area contributed by atoms with Crippen molar-refractivity contribution >= 4 is 18.0 Å². The van der Waals surface area contributed by atoms with Crippen molar-refractivity contribution in [2.45, 2.75) is 38.6 Å². The Morgan fingerprint density at radius 2 is 1.71 bits per heavy atom. The summed E-state index contributed by atoms with van der Waals surface area (Å²) in [5.41, 5.74) is 4.49. The van der Waals surface area contributed by atoms with Crippen LogP contribution in [-0.2, 0) is 14.3 Å². The molecule has 0 radical (unpaired) electrons. The Kier molecular flexibility index (Phi) is 8.46. The van der Waals surface area contributed by atoms with Gasteiger partial charge in [0.25, 0.3) is 0 Å². The summed E-state index contributed by atoms with van der Waals surface area (Å²) in [5, 5.41) is 11.9. The molecule has 0 aromatic heterocycles. The normalized spacial score (nSPS) is 13.8. The van der Waals surface area contributed by atoms with E-state index in [1.54, 1.807) is 19.9 Å². The molecule has 34 heavy (non-hydrogen) atoms. The molecule has 180 valence electrons. The van der Waals surface area contributed by atoms with E-state index >= 15 is 0 Å². The highest BCUT2D eigenvalue weighted by molar-refractivity contribution is 5.86. The largest absolute Gasteiger partial charge is 0.481 e. The molecule has 2 aromatic rings. The number of allylic oxidation sites excluding steroid dienone is 1. The second-order valence-corrected chi connectivity index (χ2v) is 8.50. The fraction of sp³-hybridized carbons (Fsp3) is 0.370. The van der Waals surface area contributed by atoms with Gasteiger partial charge >= 0.3 is 12.1 Å². The van der Waals surface area contributed by atoms with Crippen LogP contribution in [0.1, 0.15) is 43.7 Å². The van der Waals surface area contributed by atoms with Gasteiger partial charge in [-0.15, -0.1) is 6.58 Å². The smallest absolute Gasteiger partial charge is 0.407 e. The number of nitrogens with one attached hydrogen (secondary N) is 1.